The minimum absolute atomic E-state index is 0.309. The largest absolute Gasteiger partial charge is 0.450 e. The van der Waals surface area contributed by atoms with Crippen molar-refractivity contribution in [3.05, 3.63) is 42.5 Å². The second kappa shape index (κ2) is 8.21. The third-order valence-electron chi connectivity index (χ3n) is 4.52. The number of nitrogens with zero attached hydrogens (tertiary/aromatic N) is 6. The van der Waals surface area contributed by atoms with Crippen molar-refractivity contribution in [2.45, 2.75) is 6.92 Å². The number of anilines is 3. The topological polar surface area (TPSA) is 96.4 Å². The lowest BCUT2D eigenvalue weighted by Crippen LogP contribution is -2.49. The van der Waals surface area contributed by atoms with Crippen molar-refractivity contribution in [3.63, 3.8) is 0 Å². The van der Waals surface area contributed by atoms with Crippen molar-refractivity contribution in [2.75, 3.05) is 43.0 Å². The summed E-state index contributed by atoms with van der Waals surface area (Å²) in [7, 11) is 0. The Morgan fingerprint density at radius 3 is 2.55 bits per heavy atom. The number of halogens is 1. The summed E-state index contributed by atoms with van der Waals surface area (Å²) in [5, 5.41) is 3.17. The van der Waals surface area contributed by atoms with Gasteiger partial charge in [0.2, 0.25) is 5.95 Å². The van der Waals surface area contributed by atoms with Crippen molar-refractivity contribution >= 4 is 34.7 Å². The number of benzene rings is 1. The van der Waals surface area contributed by atoms with Gasteiger partial charge in [-0.15, -0.1) is 0 Å². The fourth-order valence-corrected chi connectivity index (χ4v) is 3.05. The maximum absolute atomic E-state index is 13.2. The summed E-state index contributed by atoms with van der Waals surface area (Å²) in [6.45, 7) is 4.31. The smallest absolute Gasteiger partial charge is 0.409 e. The molecule has 3 heterocycles. The highest BCUT2D eigenvalue weighted by Crippen LogP contribution is 2.24. The molecule has 150 valence electrons. The first-order valence-electron chi connectivity index (χ1n) is 9.32. The van der Waals surface area contributed by atoms with Crippen LogP contribution in [0.1, 0.15) is 6.92 Å². The second-order valence-corrected chi connectivity index (χ2v) is 6.41. The predicted molar refractivity (Wildman–Crippen MR) is 106 cm³/mol. The lowest BCUT2D eigenvalue weighted by atomic mass is 10.3. The summed E-state index contributed by atoms with van der Waals surface area (Å²) < 4.78 is 18.3. The number of carbonyl (C=O) groups excluding carboxylic acids is 1. The van der Waals surface area contributed by atoms with E-state index in [1.807, 2.05) is 4.90 Å². The van der Waals surface area contributed by atoms with Crippen molar-refractivity contribution in [2.24, 2.45) is 0 Å². The molecule has 0 unspecified atom stereocenters. The molecular formula is C19H20FN7O2. The number of fused-ring (bicyclic) bond motifs is 1. The summed E-state index contributed by atoms with van der Waals surface area (Å²) in [6, 6.07) is 5.98. The average Bonchev–Trinajstić information content (AvgIpc) is 2.75. The van der Waals surface area contributed by atoms with Gasteiger partial charge in [-0.3, -0.25) is 0 Å². The van der Waals surface area contributed by atoms with Gasteiger partial charge < -0.3 is 19.9 Å². The van der Waals surface area contributed by atoms with Crippen LogP contribution in [0.2, 0.25) is 0 Å². The zero-order valence-corrected chi connectivity index (χ0v) is 15.9. The molecule has 0 atom stereocenters. The van der Waals surface area contributed by atoms with Crippen molar-refractivity contribution in [1.82, 2.24) is 24.8 Å². The van der Waals surface area contributed by atoms with Gasteiger partial charge in [0.05, 0.1) is 6.61 Å². The van der Waals surface area contributed by atoms with Crippen molar-refractivity contribution in [1.29, 1.82) is 0 Å². The highest BCUT2D eigenvalue weighted by atomic mass is 19.1. The molecule has 1 aliphatic heterocycles. The molecule has 0 aliphatic carbocycles. The Morgan fingerprint density at radius 2 is 1.83 bits per heavy atom. The third kappa shape index (κ3) is 4.15. The number of rotatable bonds is 4. The van der Waals surface area contributed by atoms with E-state index in [4.69, 9.17) is 4.74 Å². The molecule has 2 aromatic heterocycles. The summed E-state index contributed by atoms with van der Waals surface area (Å²) in [5.41, 5.74) is 1.65. The molecule has 0 spiro atoms. The Kier molecular flexibility index (Phi) is 5.32. The molecule has 9 nitrogen and oxygen atoms in total. The van der Waals surface area contributed by atoms with Gasteiger partial charge in [0, 0.05) is 44.3 Å². The lowest BCUT2D eigenvalue weighted by molar-refractivity contribution is 0.105. The van der Waals surface area contributed by atoms with Crippen LogP contribution in [-0.2, 0) is 4.74 Å². The second-order valence-electron chi connectivity index (χ2n) is 6.41. The Hall–Kier alpha value is -3.56. The maximum atomic E-state index is 13.2. The van der Waals surface area contributed by atoms with Crippen LogP contribution < -0.4 is 10.2 Å². The lowest BCUT2D eigenvalue weighted by Gasteiger charge is -2.34. The minimum atomic E-state index is -0.317. The van der Waals surface area contributed by atoms with E-state index in [1.54, 1.807) is 36.4 Å². The van der Waals surface area contributed by atoms with Gasteiger partial charge in [0.25, 0.3) is 0 Å². The van der Waals surface area contributed by atoms with Gasteiger partial charge in [-0.25, -0.2) is 19.2 Å². The van der Waals surface area contributed by atoms with Crippen LogP contribution >= 0.6 is 0 Å². The zero-order valence-electron chi connectivity index (χ0n) is 15.9. The standard InChI is InChI=1S/C19H20FN7O2/c1-2-29-19(28)27-11-9-26(10-12-27)18-24-16-15(21-7-8-22-16)17(25-18)23-14-5-3-13(20)4-6-14/h3-8H,2,9-12H2,1H3,(H,22,23,24,25). The van der Waals surface area contributed by atoms with Gasteiger partial charge in [0.1, 0.15) is 5.82 Å². The summed E-state index contributed by atoms with van der Waals surface area (Å²) in [6.07, 6.45) is 2.83. The number of hydrogen-bond acceptors (Lipinski definition) is 8. The fourth-order valence-electron chi connectivity index (χ4n) is 3.05. The molecule has 29 heavy (non-hydrogen) atoms. The molecule has 1 amide bonds. The molecule has 0 radical (unpaired) electrons. The van der Waals surface area contributed by atoms with Crippen molar-refractivity contribution < 1.29 is 13.9 Å². The van der Waals surface area contributed by atoms with Gasteiger partial charge in [-0.1, -0.05) is 0 Å². The third-order valence-corrected chi connectivity index (χ3v) is 4.52. The number of piperazine rings is 1. The van der Waals surface area contributed by atoms with E-state index in [0.29, 0.717) is 61.4 Å². The molecule has 1 aromatic carbocycles. The molecule has 10 heteroatoms. The summed E-state index contributed by atoms with van der Waals surface area (Å²) in [5.74, 6) is 0.659. The quantitative estimate of drug-likeness (QED) is 0.718. The van der Waals surface area contributed by atoms with Crippen LogP contribution in [0.5, 0.6) is 0 Å². The highest BCUT2D eigenvalue weighted by Gasteiger charge is 2.24. The Labute approximate surface area is 166 Å². The van der Waals surface area contributed by atoms with E-state index in [2.05, 4.69) is 25.3 Å². The Bertz CT molecular complexity index is 1010. The van der Waals surface area contributed by atoms with Gasteiger partial charge in [0.15, 0.2) is 17.0 Å². The molecule has 1 saturated heterocycles. The number of aromatic nitrogens is 4. The predicted octanol–water partition coefficient (Wildman–Crippen LogP) is 2.58. The molecule has 1 fully saturated rings. The first-order chi connectivity index (χ1) is 14.1. The number of amides is 1. The Morgan fingerprint density at radius 1 is 1.10 bits per heavy atom. The van der Waals surface area contributed by atoms with Gasteiger partial charge in [-0.05, 0) is 31.2 Å². The first kappa shape index (κ1) is 18.8. The van der Waals surface area contributed by atoms with Crippen LogP contribution in [0.15, 0.2) is 36.7 Å². The van der Waals surface area contributed by atoms with Crippen LogP contribution in [-0.4, -0.2) is 63.7 Å². The molecule has 0 bridgehead atoms. The van der Waals surface area contributed by atoms with E-state index < -0.39 is 0 Å². The number of ether oxygens (including phenoxy) is 1. The van der Waals surface area contributed by atoms with E-state index >= 15 is 0 Å². The zero-order chi connectivity index (χ0) is 20.2. The maximum Gasteiger partial charge on any atom is 0.409 e. The van der Waals surface area contributed by atoms with Crippen LogP contribution in [0.3, 0.4) is 0 Å². The minimum Gasteiger partial charge on any atom is -0.450 e. The van der Waals surface area contributed by atoms with E-state index in [1.165, 1.54) is 12.1 Å². The Balaban J connectivity index is 1.59. The van der Waals surface area contributed by atoms with Crippen molar-refractivity contribution in [3.8, 4) is 0 Å². The normalized spacial score (nSPS) is 14.1. The summed E-state index contributed by atoms with van der Waals surface area (Å²) >= 11 is 0. The molecule has 0 saturated carbocycles. The molecular weight excluding hydrogens is 377 g/mol. The average molecular weight is 397 g/mol. The molecule has 1 N–H and O–H groups in total. The van der Waals surface area contributed by atoms with Crippen LogP contribution in [0, 0.1) is 5.82 Å². The van der Waals surface area contributed by atoms with Gasteiger partial charge in [-0.2, -0.15) is 9.97 Å². The molecule has 4 rings (SSSR count). The number of nitrogens with one attached hydrogen (secondary N) is 1. The van der Waals surface area contributed by atoms with E-state index in [-0.39, 0.29) is 11.9 Å². The van der Waals surface area contributed by atoms with Gasteiger partial charge >= 0.3 is 6.09 Å². The fraction of sp³-hybridized carbons (Fsp3) is 0.316. The highest BCUT2D eigenvalue weighted by molar-refractivity contribution is 5.85. The SMILES string of the molecule is CCOC(=O)N1CCN(c2nc(Nc3ccc(F)cc3)c3nccnc3n2)CC1. The van der Waals surface area contributed by atoms with E-state index in [9.17, 15) is 9.18 Å². The first-order valence-corrected chi connectivity index (χ1v) is 9.32. The molecule has 1 aliphatic rings. The molecule has 3 aromatic rings. The summed E-state index contributed by atoms with van der Waals surface area (Å²) in [4.78, 5) is 33.3. The van der Waals surface area contributed by atoms with E-state index in [0.717, 1.165) is 0 Å². The van der Waals surface area contributed by atoms with Crippen LogP contribution in [0.25, 0.3) is 11.2 Å². The number of carbonyl (C=O) groups is 1. The van der Waals surface area contributed by atoms with Crippen LogP contribution in [0.4, 0.5) is 26.6 Å². The number of hydrogen-bond donors (Lipinski definition) is 1. The monoisotopic (exact) mass is 397 g/mol.